The van der Waals surface area contributed by atoms with Gasteiger partial charge in [-0.1, -0.05) is 60.7 Å². The lowest BCUT2D eigenvalue weighted by atomic mass is 10.0. The summed E-state index contributed by atoms with van der Waals surface area (Å²) in [4.78, 5) is 61.7. The molecule has 228 valence electrons. The Kier molecular flexibility index (Phi) is 13.8. The average Bonchev–Trinajstić information content (AvgIpc) is 2.94. The van der Waals surface area contributed by atoms with E-state index in [1.54, 1.807) is 32.9 Å². The van der Waals surface area contributed by atoms with E-state index in [4.69, 9.17) is 15.2 Å². The first-order valence-electron chi connectivity index (χ1n) is 13.8. The second-order valence-electron chi connectivity index (χ2n) is 10.6. The SMILES string of the molecule is CC(C)(C)OC(=O)NCC(=O)NC(CCCCNC(=O)OCc1ccccc1)C(=O)NC(Cc1ccccc1)C(N)=O. The molecule has 0 aromatic heterocycles. The number of ether oxygens (including phenoxy) is 2. The van der Waals surface area contributed by atoms with Gasteiger partial charge in [0.1, 0.15) is 30.8 Å². The van der Waals surface area contributed by atoms with E-state index in [1.165, 1.54) is 0 Å². The number of rotatable bonds is 15. The standard InChI is InChI=1S/C30H41N5O7/c1-30(2,3)42-29(40)33-19-25(36)34-23(27(38)35-24(26(31)37)18-21-12-6-4-7-13-21)16-10-11-17-32-28(39)41-20-22-14-8-5-9-15-22/h4-9,12-15,23-24H,10-11,16-20H2,1-3H3,(H2,31,37)(H,32,39)(H,33,40)(H,34,36)(H,35,38). The van der Waals surface area contributed by atoms with Crippen molar-refractivity contribution >= 4 is 29.9 Å². The minimum Gasteiger partial charge on any atom is -0.445 e. The Balaban J connectivity index is 1.91. The highest BCUT2D eigenvalue weighted by atomic mass is 16.6. The molecule has 6 N–H and O–H groups in total. The zero-order valence-electron chi connectivity index (χ0n) is 24.3. The van der Waals surface area contributed by atoms with Gasteiger partial charge in [0.25, 0.3) is 0 Å². The van der Waals surface area contributed by atoms with Crippen LogP contribution in [0.4, 0.5) is 9.59 Å². The Morgan fingerprint density at radius 2 is 1.40 bits per heavy atom. The maximum Gasteiger partial charge on any atom is 0.408 e. The molecule has 2 unspecified atom stereocenters. The van der Waals surface area contributed by atoms with Crippen molar-refractivity contribution in [2.24, 2.45) is 5.73 Å². The molecule has 0 aliphatic heterocycles. The number of nitrogens with one attached hydrogen (secondary N) is 4. The second-order valence-corrected chi connectivity index (χ2v) is 10.6. The fraction of sp³-hybridized carbons (Fsp3) is 0.433. The van der Waals surface area contributed by atoms with Crippen molar-refractivity contribution in [2.75, 3.05) is 13.1 Å². The maximum atomic E-state index is 13.2. The van der Waals surface area contributed by atoms with Crippen LogP contribution in [0.15, 0.2) is 60.7 Å². The van der Waals surface area contributed by atoms with Crippen molar-refractivity contribution in [1.82, 2.24) is 21.3 Å². The van der Waals surface area contributed by atoms with Crippen LogP contribution < -0.4 is 27.0 Å². The Morgan fingerprint density at radius 3 is 2.00 bits per heavy atom. The van der Waals surface area contributed by atoms with E-state index >= 15 is 0 Å². The number of nitrogens with two attached hydrogens (primary N) is 1. The van der Waals surface area contributed by atoms with E-state index in [2.05, 4.69) is 21.3 Å². The first kappa shape index (κ1) is 33.6. The number of hydrogen-bond acceptors (Lipinski definition) is 7. The van der Waals surface area contributed by atoms with E-state index in [0.717, 1.165) is 11.1 Å². The number of hydrogen-bond donors (Lipinski definition) is 5. The molecule has 0 bridgehead atoms. The van der Waals surface area contributed by atoms with Crippen molar-refractivity contribution in [3.63, 3.8) is 0 Å². The van der Waals surface area contributed by atoms with Gasteiger partial charge in [0.05, 0.1) is 0 Å². The number of carbonyl (C=O) groups is 5. The number of carbonyl (C=O) groups excluding carboxylic acids is 5. The second kappa shape index (κ2) is 17.3. The third-order valence-electron chi connectivity index (χ3n) is 5.79. The average molecular weight is 584 g/mol. The van der Waals surface area contributed by atoms with Gasteiger partial charge in [-0.05, 0) is 51.2 Å². The molecule has 0 heterocycles. The molecule has 12 heteroatoms. The monoisotopic (exact) mass is 583 g/mol. The van der Waals surface area contributed by atoms with Gasteiger partial charge in [0.2, 0.25) is 17.7 Å². The first-order chi connectivity index (χ1) is 19.9. The summed E-state index contributed by atoms with van der Waals surface area (Å²) in [5, 5.41) is 10.2. The molecule has 2 rings (SSSR count). The summed E-state index contributed by atoms with van der Waals surface area (Å²) >= 11 is 0. The van der Waals surface area contributed by atoms with Crippen LogP contribution in [-0.2, 0) is 36.9 Å². The predicted octanol–water partition coefficient (Wildman–Crippen LogP) is 2.31. The third kappa shape index (κ3) is 14.1. The normalized spacial score (nSPS) is 12.3. The Bertz CT molecular complexity index is 1170. The smallest absolute Gasteiger partial charge is 0.408 e. The van der Waals surface area contributed by atoms with Crippen LogP contribution in [0, 0.1) is 0 Å². The summed E-state index contributed by atoms with van der Waals surface area (Å²) in [6, 6.07) is 16.3. The highest BCUT2D eigenvalue weighted by Gasteiger charge is 2.26. The van der Waals surface area contributed by atoms with Gasteiger partial charge in [-0.15, -0.1) is 0 Å². The summed E-state index contributed by atoms with van der Waals surface area (Å²) < 4.78 is 10.3. The van der Waals surface area contributed by atoms with Crippen molar-refractivity contribution in [3.8, 4) is 0 Å². The molecule has 0 saturated heterocycles. The molecule has 2 atom stereocenters. The van der Waals surface area contributed by atoms with Gasteiger partial charge >= 0.3 is 12.2 Å². The molecule has 0 radical (unpaired) electrons. The van der Waals surface area contributed by atoms with Gasteiger partial charge in [-0.25, -0.2) is 9.59 Å². The number of unbranched alkanes of at least 4 members (excludes halogenated alkanes) is 1. The Hall–Kier alpha value is -4.61. The minimum atomic E-state index is -1.03. The first-order valence-corrected chi connectivity index (χ1v) is 13.8. The Morgan fingerprint density at radius 1 is 0.786 bits per heavy atom. The van der Waals surface area contributed by atoms with Gasteiger partial charge in [0, 0.05) is 13.0 Å². The van der Waals surface area contributed by atoms with Crippen LogP contribution >= 0.6 is 0 Å². The molecule has 2 aromatic carbocycles. The van der Waals surface area contributed by atoms with Crippen LogP contribution in [0.1, 0.15) is 51.2 Å². The molecule has 2 aromatic rings. The highest BCUT2D eigenvalue weighted by Crippen LogP contribution is 2.08. The molecule has 0 fully saturated rings. The number of primary amides is 1. The van der Waals surface area contributed by atoms with Gasteiger partial charge in [-0.2, -0.15) is 0 Å². The van der Waals surface area contributed by atoms with E-state index in [1.807, 2.05) is 48.5 Å². The quantitative estimate of drug-likeness (QED) is 0.200. The Labute approximate surface area is 246 Å². The summed E-state index contributed by atoms with van der Waals surface area (Å²) in [5.74, 6) is -1.94. The maximum absolute atomic E-state index is 13.2. The number of amides is 5. The molecule has 42 heavy (non-hydrogen) atoms. The zero-order chi connectivity index (χ0) is 31.0. The van der Waals surface area contributed by atoms with Crippen LogP contribution in [0.2, 0.25) is 0 Å². The molecule has 0 aliphatic rings. The van der Waals surface area contributed by atoms with E-state index < -0.39 is 54.1 Å². The van der Waals surface area contributed by atoms with E-state index in [0.29, 0.717) is 12.8 Å². The molecule has 0 spiro atoms. The molecule has 12 nitrogen and oxygen atoms in total. The number of benzene rings is 2. The fourth-order valence-electron chi connectivity index (χ4n) is 3.76. The molecular weight excluding hydrogens is 542 g/mol. The summed E-state index contributed by atoms with van der Waals surface area (Å²) in [6.45, 7) is 5.08. The molecule has 5 amide bonds. The van der Waals surface area contributed by atoms with Crippen molar-refractivity contribution in [2.45, 2.75) is 70.7 Å². The van der Waals surface area contributed by atoms with Crippen molar-refractivity contribution < 1.29 is 33.4 Å². The summed E-state index contributed by atoms with van der Waals surface area (Å²) in [7, 11) is 0. The minimum absolute atomic E-state index is 0.141. The van der Waals surface area contributed by atoms with Crippen LogP contribution in [0.3, 0.4) is 0 Å². The van der Waals surface area contributed by atoms with Crippen LogP contribution in [0.5, 0.6) is 0 Å². The molecule has 0 aliphatic carbocycles. The van der Waals surface area contributed by atoms with Crippen LogP contribution in [-0.4, -0.2) is 60.7 Å². The largest absolute Gasteiger partial charge is 0.445 e. The van der Waals surface area contributed by atoms with Gasteiger partial charge in [0.15, 0.2) is 0 Å². The van der Waals surface area contributed by atoms with E-state index in [-0.39, 0.29) is 26.0 Å². The predicted molar refractivity (Wildman–Crippen MR) is 156 cm³/mol. The van der Waals surface area contributed by atoms with Crippen LogP contribution in [0.25, 0.3) is 0 Å². The van der Waals surface area contributed by atoms with E-state index in [9.17, 15) is 24.0 Å². The fourth-order valence-corrected chi connectivity index (χ4v) is 3.76. The highest BCUT2D eigenvalue weighted by molar-refractivity contribution is 5.92. The summed E-state index contributed by atoms with van der Waals surface area (Å²) in [6.07, 6.45) is -0.0456. The lowest BCUT2D eigenvalue weighted by Gasteiger charge is -2.23. The summed E-state index contributed by atoms with van der Waals surface area (Å²) in [5.41, 5.74) is 6.46. The van der Waals surface area contributed by atoms with Gasteiger partial charge in [-0.3, -0.25) is 14.4 Å². The molecular formula is C30H41N5O7. The third-order valence-corrected chi connectivity index (χ3v) is 5.79. The lowest BCUT2D eigenvalue weighted by molar-refractivity contribution is -0.131. The molecule has 0 saturated carbocycles. The number of alkyl carbamates (subject to hydrolysis) is 2. The topological polar surface area (TPSA) is 178 Å². The van der Waals surface area contributed by atoms with Crippen molar-refractivity contribution in [1.29, 1.82) is 0 Å². The lowest BCUT2D eigenvalue weighted by Crippen LogP contribution is -2.54. The van der Waals surface area contributed by atoms with Gasteiger partial charge < -0.3 is 36.5 Å². The van der Waals surface area contributed by atoms with Crippen molar-refractivity contribution in [3.05, 3.63) is 71.8 Å². The zero-order valence-corrected chi connectivity index (χ0v) is 24.3.